The first-order valence-electron chi connectivity index (χ1n) is 21.5. The Morgan fingerprint density at radius 3 is 2.21 bits per heavy atom. The van der Waals surface area contributed by atoms with Crippen molar-refractivity contribution >= 4 is 29.3 Å². The van der Waals surface area contributed by atoms with Crippen LogP contribution in [0.4, 0.5) is 0 Å². The van der Waals surface area contributed by atoms with Crippen molar-refractivity contribution in [3.8, 4) is 0 Å². The van der Waals surface area contributed by atoms with Crippen molar-refractivity contribution in [1.82, 2.24) is 10.6 Å². The summed E-state index contributed by atoms with van der Waals surface area (Å²) in [6, 6.07) is 38.3. The molecule has 0 amide bonds. The summed E-state index contributed by atoms with van der Waals surface area (Å²) in [4.78, 5) is 11.2. The molecule has 7 atom stereocenters. The second-order valence-corrected chi connectivity index (χ2v) is 16.7. The zero-order valence-electron chi connectivity index (χ0n) is 33.1. The lowest BCUT2D eigenvalue weighted by Gasteiger charge is -2.37. The van der Waals surface area contributed by atoms with E-state index in [0.717, 1.165) is 56.3 Å². The Morgan fingerprint density at radius 2 is 1.40 bits per heavy atom. The van der Waals surface area contributed by atoms with Crippen LogP contribution < -0.4 is 21.1 Å². The van der Waals surface area contributed by atoms with E-state index in [-0.39, 0.29) is 24.3 Å². The van der Waals surface area contributed by atoms with Crippen LogP contribution in [0.5, 0.6) is 0 Å². The number of nitrogens with one attached hydrogen (secondary N) is 2. The summed E-state index contributed by atoms with van der Waals surface area (Å²) in [7, 11) is 0. The monoisotopic (exact) mass is 756 g/mol. The highest BCUT2D eigenvalue weighted by molar-refractivity contribution is 6.00. The molecule has 4 aromatic rings. The van der Waals surface area contributed by atoms with Gasteiger partial charge >= 0.3 is 0 Å². The molecule has 0 saturated carbocycles. The topological polar surface area (TPSA) is 48.8 Å². The number of rotatable bonds is 8. The van der Waals surface area contributed by atoms with Crippen LogP contribution in [0.15, 0.2) is 179 Å². The van der Waals surface area contributed by atoms with Gasteiger partial charge in [-0.25, -0.2) is 4.99 Å². The third kappa shape index (κ3) is 7.74. The van der Waals surface area contributed by atoms with Crippen molar-refractivity contribution in [2.45, 2.75) is 75.2 Å². The van der Waals surface area contributed by atoms with Crippen molar-refractivity contribution in [3.05, 3.63) is 208 Å². The highest BCUT2D eigenvalue weighted by Crippen LogP contribution is 2.39. The SMILES string of the molecule is C1=CCCC(c2ccc(C3=NC(C4=CC=CC(C5=NC(C6C=c7ccccc7=CC6)CCC5c5ccccc5)C4)NC(c4ccc(C5C=CC=CC5)cc4)N3)cc2)=C1. The number of amidine groups is 1. The average molecular weight is 757 g/mol. The summed E-state index contributed by atoms with van der Waals surface area (Å²) in [6.07, 6.45) is 34.5. The molecule has 2 N–H and O–H groups in total. The van der Waals surface area contributed by atoms with Gasteiger partial charge in [0.2, 0.25) is 0 Å². The normalized spacial score (nSPS) is 27.5. The van der Waals surface area contributed by atoms with Crippen LogP contribution in [-0.4, -0.2) is 23.8 Å². The zero-order valence-corrected chi connectivity index (χ0v) is 33.1. The molecule has 0 bridgehead atoms. The van der Waals surface area contributed by atoms with Gasteiger partial charge in [-0.3, -0.25) is 10.3 Å². The second-order valence-electron chi connectivity index (χ2n) is 16.7. The molecule has 288 valence electrons. The van der Waals surface area contributed by atoms with Crippen LogP contribution in [0, 0.1) is 11.8 Å². The molecule has 0 aromatic heterocycles. The maximum atomic E-state index is 5.76. The summed E-state index contributed by atoms with van der Waals surface area (Å²) >= 11 is 0. The summed E-state index contributed by atoms with van der Waals surface area (Å²) in [6.45, 7) is 0. The summed E-state index contributed by atoms with van der Waals surface area (Å²) in [5.41, 5.74) is 10.3. The van der Waals surface area contributed by atoms with Crippen LogP contribution in [0.3, 0.4) is 0 Å². The highest BCUT2D eigenvalue weighted by Gasteiger charge is 2.35. The lowest BCUT2D eigenvalue weighted by Crippen LogP contribution is -2.49. The molecular formula is C54H52N4. The molecule has 2 heterocycles. The number of aliphatic imine (C=N–C) groups is 2. The van der Waals surface area contributed by atoms with Gasteiger partial charge in [0.1, 0.15) is 18.2 Å². The summed E-state index contributed by atoms with van der Waals surface area (Å²) in [5.74, 6) is 2.27. The first-order chi connectivity index (χ1) is 28.7. The van der Waals surface area contributed by atoms with Gasteiger partial charge in [-0.1, -0.05) is 176 Å². The Kier molecular flexibility index (Phi) is 10.4. The van der Waals surface area contributed by atoms with Crippen LogP contribution in [0.1, 0.15) is 90.8 Å². The molecule has 0 radical (unpaired) electrons. The molecule has 4 heteroatoms. The van der Waals surface area contributed by atoms with Gasteiger partial charge in [0, 0.05) is 34.9 Å². The average Bonchev–Trinajstić information content (AvgIpc) is 3.32. The van der Waals surface area contributed by atoms with E-state index < -0.39 is 0 Å². The van der Waals surface area contributed by atoms with Gasteiger partial charge in [-0.2, -0.15) is 0 Å². The second kappa shape index (κ2) is 16.6. The van der Waals surface area contributed by atoms with Crippen molar-refractivity contribution in [2.75, 3.05) is 0 Å². The molecule has 0 fully saturated rings. The Bertz CT molecular complexity index is 2510. The lowest BCUT2D eigenvalue weighted by atomic mass is 9.75. The van der Waals surface area contributed by atoms with Gasteiger partial charge in [0.15, 0.2) is 0 Å². The quantitative estimate of drug-likeness (QED) is 0.188. The third-order valence-electron chi connectivity index (χ3n) is 13.0. The number of fused-ring (bicyclic) bond motifs is 1. The molecule has 6 aliphatic rings. The van der Waals surface area contributed by atoms with E-state index in [4.69, 9.17) is 9.98 Å². The molecule has 10 rings (SSSR count). The van der Waals surface area contributed by atoms with Crippen LogP contribution in [0.2, 0.25) is 0 Å². The van der Waals surface area contributed by atoms with Crippen molar-refractivity contribution in [1.29, 1.82) is 0 Å². The van der Waals surface area contributed by atoms with Crippen molar-refractivity contribution in [2.24, 2.45) is 21.8 Å². The molecule has 4 aliphatic carbocycles. The van der Waals surface area contributed by atoms with E-state index in [1.807, 2.05) is 0 Å². The van der Waals surface area contributed by atoms with Gasteiger partial charge in [-0.15, -0.1) is 0 Å². The van der Waals surface area contributed by atoms with E-state index in [2.05, 4.69) is 187 Å². The number of nitrogens with zero attached hydrogens (tertiary/aromatic N) is 2. The lowest BCUT2D eigenvalue weighted by molar-refractivity contribution is 0.419. The molecule has 4 aromatic carbocycles. The molecule has 58 heavy (non-hydrogen) atoms. The summed E-state index contributed by atoms with van der Waals surface area (Å²) in [5, 5.41) is 10.5. The fraction of sp³-hybridized carbons (Fsp3) is 0.259. The first-order valence-corrected chi connectivity index (χ1v) is 21.5. The maximum Gasteiger partial charge on any atom is 0.131 e. The Labute approximate surface area is 343 Å². The molecule has 0 saturated heterocycles. The van der Waals surface area contributed by atoms with Crippen LogP contribution >= 0.6 is 0 Å². The Morgan fingerprint density at radius 1 is 0.603 bits per heavy atom. The van der Waals surface area contributed by atoms with Gasteiger partial charge in [-0.05, 0) is 88.8 Å². The fourth-order valence-electron chi connectivity index (χ4n) is 9.82. The molecular weight excluding hydrogens is 705 g/mol. The summed E-state index contributed by atoms with van der Waals surface area (Å²) < 4.78 is 0. The first kappa shape index (κ1) is 36.5. The van der Waals surface area contributed by atoms with E-state index >= 15 is 0 Å². The van der Waals surface area contributed by atoms with Gasteiger partial charge in [0.05, 0.1) is 6.04 Å². The predicted molar refractivity (Wildman–Crippen MR) is 242 cm³/mol. The van der Waals surface area contributed by atoms with E-state index in [0.29, 0.717) is 17.8 Å². The van der Waals surface area contributed by atoms with E-state index in [9.17, 15) is 0 Å². The molecule has 0 spiro atoms. The van der Waals surface area contributed by atoms with Gasteiger partial charge < -0.3 is 5.32 Å². The highest BCUT2D eigenvalue weighted by atomic mass is 15.3. The standard InChI is InChI=1S/C54H52N4/c1-4-13-37(14-5-1)40-23-28-43(29-24-40)52-56-53(44-30-25-41(26-31-44)38-15-6-2-7-16-38)58-54(57-52)48-22-12-21-47(36-48)51-49(42-18-8-3-9-19-42)33-34-50(55-51)46-32-27-39-17-10-11-20-45(39)35-46/h1-6,8-13,15,17-31,35,37,46-47,49-50,52,54,57H,7,14,16,32-34,36H2,(H,56,58). The van der Waals surface area contributed by atoms with Crippen LogP contribution in [0.25, 0.3) is 17.7 Å². The number of hydrogen-bond acceptors (Lipinski definition) is 4. The van der Waals surface area contributed by atoms with Crippen molar-refractivity contribution in [3.63, 3.8) is 0 Å². The smallest absolute Gasteiger partial charge is 0.131 e. The minimum atomic E-state index is -0.182. The minimum absolute atomic E-state index is 0.0982. The Balaban J connectivity index is 0.960. The largest absolute Gasteiger partial charge is 0.350 e. The zero-order chi connectivity index (χ0) is 38.7. The molecule has 2 aliphatic heterocycles. The van der Waals surface area contributed by atoms with E-state index in [1.165, 1.54) is 49.5 Å². The van der Waals surface area contributed by atoms with E-state index in [1.54, 1.807) is 0 Å². The minimum Gasteiger partial charge on any atom is -0.350 e. The Hall–Kier alpha value is -5.84. The van der Waals surface area contributed by atoms with Crippen molar-refractivity contribution < 1.29 is 0 Å². The number of hydrogen-bond donors (Lipinski definition) is 2. The predicted octanol–water partition coefficient (Wildman–Crippen LogP) is 10.2. The fourth-order valence-corrected chi connectivity index (χ4v) is 9.82. The van der Waals surface area contributed by atoms with Gasteiger partial charge in [0.25, 0.3) is 0 Å². The van der Waals surface area contributed by atoms with Crippen LogP contribution in [-0.2, 0) is 0 Å². The maximum absolute atomic E-state index is 5.76. The molecule has 7 unspecified atom stereocenters. The molecule has 4 nitrogen and oxygen atoms in total. The number of benzene rings is 4. The third-order valence-corrected chi connectivity index (χ3v) is 13.0. The number of allylic oxidation sites excluding steroid dienone is 11.